The van der Waals surface area contributed by atoms with Crippen molar-refractivity contribution in [3.63, 3.8) is 0 Å². The third-order valence-corrected chi connectivity index (χ3v) is 2.59. The molecule has 0 heterocycles. The number of carbonyl (C=O) groups is 1. The van der Waals surface area contributed by atoms with Gasteiger partial charge in [-0.05, 0) is 36.4 Å². The predicted octanol–water partition coefficient (Wildman–Crippen LogP) is 3.28. The molecule has 2 N–H and O–H groups in total. The molecule has 20 heavy (non-hydrogen) atoms. The van der Waals surface area contributed by atoms with E-state index in [4.69, 9.17) is 10.4 Å². The molecule has 4 nitrogen and oxygen atoms in total. The number of carboxylic acid groups (broad SMARTS) is 1. The normalized spacial score (nSPS) is 9.85. The molecule has 6 heteroatoms. The van der Waals surface area contributed by atoms with E-state index in [-0.39, 0.29) is 22.5 Å². The van der Waals surface area contributed by atoms with Crippen molar-refractivity contribution < 1.29 is 18.7 Å². The second-order valence-electron chi connectivity index (χ2n) is 3.93. The highest BCUT2D eigenvalue weighted by Gasteiger charge is 2.10. The number of nitrogens with one attached hydrogen (secondary N) is 1. The lowest BCUT2D eigenvalue weighted by Crippen LogP contribution is -2.01. The Kier molecular flexibility index (Phi) is 3.62. The Morgan fingerprint density at radius 3 is 2.45 bits per heavy atom. The Morgan fingerprint density at radius 1 is 1.15 bits per heavy atom. The van der Waals surface area contributed by atoms with Gasteiger partial charge in [-0.2, -0.15) is 5.26 Å². The van der Waals surface area contributed by atoms with Crippen molar-refractivity contribution in [1.82, 2.24) is 0 Å². The van der Waals surface area contributed by atoms with E-state index in [2.05, 4.69) is 5.32 Å². The third-order valence-electron chi connectivity index (χ3n) is 2.59. The molecule has 0 spiro atoms. The average Bonchev–Trinajstić information content (AvgIpc) is 2.42. The fraction of sp³-hybridized carbons (Fsp3) is 0. The standard InChI is InChI=1S/C14H8F2N2O2/c15-10-2-4-12(9(5-10)7-17)18-13-3-1-8(14(19)20)6-11(13)16/h1-6,18H,(H,19,20). The maximum Gasteiger partial charge on any atom is 0.335 e. The summed E-state index contributed by atoms with van der Waals surface area (Å²) in [6.45, 7) is 0. The smallest absolute Gasteiger partial charge is 0.335 e. The maximum atomic E-state index is 13.7. The van der Waals surface area contributed by atoms with E-state index in [1.807, 2.05) is 0 Å². The van der Waals surface area contributed by atoms with Gasteiger partial charge in [0, 0.05) is 0 Å². The fourth-order valence-corrected chi connectivity index (χ4v) is 1.61. The molecule has 100 valence electrons. The molecule has 0 aliphatic carbocycles. The number of nitrogens with zero attached hydrogens (tertiary/aromatic N) is 1. The highest BCUT2D eigenvalue weighted by Crippen LogP contribution is 2.24. The van der Waals surface area contributed by atoms with Gasteiger partial charge in [0.1, 0.15) is 17.7 Å². The van der Waals surface area contributed by atoms with Gasteiger partial charge >= 0.3 is 5.97 Å². The van der Waals surface area contributed by atoms with Crippen LogP contribution in [-0.4, -0.2) is 11.1 Å². The van der Waals surface area contributed by atoms with Crippen molar-refractivity contribution in [3.8, 4) is 6.07 Å². The molecule has 0 amide bonds. The maximum absolute atomic E-state index is 13.7. The molecule has 0 radical (unpaired) electrons. The number of benzene rings is 2. The van der Waals surface area contributed by atoms with Gasteiger partial charge < -0.3 is 10.4 Å². The highest BCUT2D eigenvalue weighted by molar-refractivity contribution is 5.88. The zero-order chi connectivity index (χ0) is 14.7. The second kappa shape index (κ2) is 5.36. The minimum absolute atomic E-state index is 0.00175. The van der Waals surface area contributed by atoms with Gasteiger partial charge in [-0.25, -0.2) is 13.6 Å². The van der Waals surface area contributed by atoms with Gasteiger partial charge in [0.2, 0.25) is 0 Å². The lowest BCUT2D eigenvalue weighted by atomic mass is 10.1. The molecular formula is C14H8F2N2O2. The molecule has 0 saturated carbocycles. The lowest BCUT2D eigenvalue weighted by molar-refractivity contribution is 0.0696. The first-order valence-corrected chi connectivity index (χ1v) is 5.51. The molecular weight excluding hydrogens is 266 g/mol. The molecule has 0 aliphatic heterocycles. The van der Waals surface area contributed by atoms with E-state index >= 15 is 0 Å². The summed E-state index contributed by atoms with van der Waals surface area (Å²) in [6.07, 6.45) is 0. The number of carboxylic acids is 1. The molecule has 2 aromatic carbocycles. The summed E-state index contributed by atoms with van der Waals surface area (Å²) in [6, 6.07) is 8.57. The van der Waals surface area contributed by atoms with Crippen molar-refractivity contribution in [1.29, 1.82) is 5.26 Å². The Morgan fingerprint density at radius 2 is 1.85 bits per heavy atom. The number of rotatable bonds is 3. The number of aromatic carboxylic acids is 1. The quantitative estimate of drug-likeness (QED) is 0.900. The van der Waals surface area contributed by atoms with Crippen molar-refractivity contribution in [3.05, 3.63) is 59.2 Å². The Bertz CT molecular complexity index is 724. The molecule has 0 aromatic heterocycles. The molecule has 0 bridgehead atoms. The molecule has 0 aliphatic rings. The van der Waals surface area contributed by atoms with Crippen LogP contribution in [0.3, 0.4) is 0 Å². The van der Waals surface area contributed by atoms with Gasteiger partial charge in [-0.1, -0.05) is 0 Å². The first kappa shape index (κ1) is 13.5. The summed E-state index contributed by atoms with van der Waals surface area (Å²) in [5.74, 6) is -2.60. The van der Waals surface area contributed by atoms with Crippen LogP contribution in [0, 0.1) is 23.0 Å². The van der Waals surface area contributed by atoms with E-state index in [9.17, 15) is 13.6 Å². The summed E-state index contributed by atoms with van der Waals surface area (Å²) in [4.78, 5) is 10.7. The zero-order valence-corrected chi connectivity index (χ0v) is 10.0. The predicted molar refractivity (Wildman–Crippen MR) is 67.8 cm³/mol. The Balaban J connectivity index is 2.36. The van der Waals surface area contributed by atoms with E-state index in [0.717, 1.165) is 18.2 Å². The van der Waals surface area contributed by atoms with E-state index < -0.39 is 17.6 Å². The molecule has 0 fully saturated rings. The van der Waals surface area contributed by atoms with Crippen LogP contribution in [-0.2, 0) is 0 Å². The topological polar surface area (TPSA) is 73.1 Å². The summed E-state index contributed by atoms with van der Waals surface area (Å²) in [5, 5.41) is 20.2. The third kappa shape index (κ3) is 2.72. The lowest BCUT2D eigenvalue weighted by Gasteiger charge is -2.09. The summed E-state index contributed by atoms with van der Waals surface area (Å²) >= 11 is 0. The van der Waals surface area contributed by atoms with Gasteiger partial charge in [0.05, 0.1) is 22.5 Å². The number of hydrogen-bond donors (Lipinski definition) is 2. The second-order valence-corrected chi connectivity index (χ2v) is 3.93. The zero-order valence-electron chi connectivity index (χ0n) is 10.0. The molecule has 2 aromatic rings. The van der Waals surface area contributed by atoms with Crippen LogP contribution >= 0.6 is 0 Å². The number of nitriles is 1. The Hall–Kier alpha value is -2.94. The summed E-state index contributed by atoms with van der Waals surface area (Å²) < 4.78 is 26.7. The SMILES string of the molecule is N#Cc1cc(F)ccc1Nc1ccc(C(=O)O)cc1F. The summed E-state index contributed by atoms with van der Waals surface area (Å²) in [5.41, 5.74) is 0.0633. The molecule has 0 unspecified atom stereocenters. The molecule has 0 atom stereocenters. The van der Waals surface area contributed by atoms with Crippen molar-refractivity contribution in [2.75, 3.05) is 5.32 Å². The molecule has 2 rings (SSSR count). The highest BCUT2D eigenvalue weighted by atomic mass is 19.1. The Labute approximate surface area is 112 Å². The van der Waals surface area contributed by atoms with Crippen LogP contribution < -0.4 is 5.32 Å². The van der Waals surface area contributed by atoms with Crippen LogP contribution in [0.15, 0.2) is 36.4 Å². The largest absolute Gasteiger partial charge is 0.478 e. The monoisotopic (exact) mass is 274 g/mol. The van der Waals surface area contributed by atoms with E-state index in [1.165, 1.54) is 18.2 Å². The van der Waals surface area contributed by atoms with E-state index in [0.29, 0.717) is 0 Å². The van der Waals surface area contributed by atoms with Crippen molar-refractivity contribution in [2.24, 2.45) is 0 Å². The number of halogens is 2. The number of hydrogen-bond acceptors (Lipinski definition) is 3. The minimum atomic E-state index is -1.24. The van der Waals surface area contributed by atoms with Gasteiger partial charge in [0.25, 0.3) is 0 Å². The van der Waals surface area contributed by atoms with Gasteiger partial charge in [-0.3, -0.25) is 0 Å². The van der Waals surface area contributed by atoms with Crippen LogP contribution in [0.25, 0.3) is 0 Å². The van der Waals surface area contributed by atoms with E-state index in [1.54, 1.807) is 6.07 Å². The van der Waals surface area contributed by atoms with Crippen LogP contribution in [0.1, 0.15) is 15.9 Å². The minimum Gasteiger partial charge on any atom is -0.478 e. The average molecular weight is 274 g/mol. The van der Waals surface area contributed by atoms with Crippen molar-refractivity contribution in [2.45, 2.75) is 0 Å². The fourth-order valence-electron chi connectivity index (χ4n) is 1.61. The van der Waals surface area contributed by atoms with Gasteiger partial charge in [0.15, 0.2) is 0 Å². The van der Waals surface area contributed by atoms with Crippen LogP contribution in [0.4, 0.5) is 20.2 Å². The van der Waals surface area contributed by atoms with Crippen LogP contribution in [0.5, 0.6) is 0 Å². The molecule has 0 saturated heterocycles. The van der Waals surface area contributed by atoms with Crippen LogP contribution in [0.2, 0.25) is 0 Å². The van der Waals surface area contributed by atoms with Gasteiger partial charge in [-0.15, -0.1) is 0 Å². The summed E-state index contributed by atoms with van der Waals surface area (Å²) in [7, 11) is 0. The number of anilines is 2. The first-order valence-electron chi connectivity index (χ1n) is 5.51. The van der Waals surface area contributed by atoms with Crippen molar-refractivity contribution >= 4 is 17.3 Å². The first-order chi connectivity index (χ1) is 9.51.